The second-order valence-electron chi connectivity index (χ2n) is 4.77. The standard InChI is InChI=1S/C14H19BrN2O2/c15-12-9-10(5-6-13(12)16)14(18)17-7-8-19-11-3-1-2-4-11/h5-6,9,11H,1-4,7-8,16H2,(H,17,18). The summed E-state index contributed by atoms with van der Waals surface area (Å²) in [5, 5.41) is 2.84. The summed E-state index contributed by atoms with van der Waals surface area (Å²) in [5.41, 5.74) is 6.91. The van der Waals surface area contributed by atoms with Crippen molar-refractivity contribution >= 4 is 27.5 Å². The van der Waals surface area contributed by atoms with E-state index in [-0.39, 0.29) is 5.91 Å². The van der Waals surface area contributed by atoms with Gasteiger partial charge in [0.05, 0.1) is 12.7 Å². The number of ether oxygens (including phenoxy) is 1. The molecule has 0 bridgehead atoms. The smallest absolute Gasteiger partial charge is 0.251 e. The summed E-state index contributed by atoms with van der Waals surface area (Å²) in [5.74, 6) is -0.101. The van der Waals surface area contributed by atoms with Crippen LogP contribution in [0.1, 0.15) is 36.0 Å². The van der Waals surface area contributed by atoms with Crippen molar-refractivity contribution in [3.8, 4) is 0 Å². The molecule has 0 aliphatic heterocycles. The molecule has 104 valence electrons. The van der Waals surface area contributed by atoms with Gasteiger partial charge in [0.25, 0.3) is 5.91 Å². The van der Waals surface area contributed by atoms with Crippen molar-refractivity contribution in [1.82, 2.24) is 5.32 Å². The topological polar surface area (TPSA) is 64.4 Å². The van der Waals surface area contributed by atoms with Crippen LogP contribution in [0.5, 0.6) is 0 Å². The highest BCUT2D eigenvalue weighted by molar-refractivity contribution is 9.10. The minimum atomic E-state index is -0.101. The molecular formula is C14H19BrN2O2. The van der Waals surface area contributed by atoms with E-state index < -0.39 is 0 Å². The van der Waals surface area contributed by atoms with Crippen molar-refractivity contribution in [2.75, 3.05) is 18.9 Å². The molecule has 1 aliphatic carbocycles. The number of rotatable bonds is 5. The Kier molecular flexibility index (Phi) is 5.22. The van der Waals surface area contributed by atoms with Crippen LogP contribution >= 0.6 is 15.9 Å². The molecule has 0 atom stereocenters. The fraction of sp³-hybridized carbons (Fsp3) is 0.500. The van der Waals surface area contributed by atoms with Gasteiger partial charge in [-0.2, -0.15) is 0 Å². The lowest BCUT2D eigenvalue weighted by Gasteiger charge is -2.11. The summed E-state index contributed by atoms with van der Waals surface area (Å²) >= 11 is 3.31. The van der Waals surface area contributed by atoms with E-state index in [4.69, 9.17) is 10.5 Å². The van der Waals surface area contributed by atoms with Gasteiger partial charge in [0.15, 0.2) is 0 Å². The van der Waals surface area contributed by atoms with Gasteiger partial charge < -0.3 is 15.8 Å². The molecule has 0 saturated heterocycles. The number of amides is 1. The molecule has 0 aromatic heterocycles. The predicted octanol–water partition coefficient (Wildman–Crippen LogP) is 2.72. The first-order valence-electron chi connectivity index (χ1n) is 6.61. The molecule has 3 N–H and O–H groups in total. The van der Waals surface area contributed by atoms with Crippen LogP contribution in [0.2, 0.25) is 0 Å². The van der Waals surface area contributed by atoms with Crippen LogP contribution in [0.4, 0.5) is 5.69 Å². The lowest BCUT2D eigenvalue weighted by molar-refractivity contribution is 0.0582. The Balaban J connectivity index is 1.72. The van der Waals surface area contributed by atoms with Crippen molar-refractivity contribution in [2.45, 2.75) is 31.8 Å². The van der Waals surface area contributed by atoms with E-state index in [0.29, 0.717) is 30.5 Å². The molecule has 4 nitrogen and oxygen atoms in total. The highest BCUT2D eigenvalue weighted by Crippen LogP contribution is 2.21. The minimum absolute atomic E-state index is 0.101. The van der Waals surface area contributed by atoms with Crippen molar-refractivity contribution in [3.05, 3.63) is 28.2 Å². The zero-order chi connectivity index (χ0) is 13.7. The Labute approximate surface area is 121 Å². The molecule has 1 aliphatic rings. The average molecular weight is 327 g/mol. The first-order chi connectivity index (χ1) is 9.16. The van der Waals surface area contributed by atoms with E-state index in [1.54, 1.807) is 18.2 Å². The monoisotopic (exact) mass is 326 g/mol. The van der Waals surface area contributed by atoms with Crippen LogP contribution < -0.4 is 11.1 Å². The molecule has 2 rings (SSSR count). The van der Waals surface area contributed by atoms with E-state index in [2.05, 4.69) is 21.2 Å². The molecule has 1 aromatic carbocycles. The SMILES string of the molecule is Nc1ccc(C(=O)NCCOC2CCCC2)cc1Br. The van der Waals surface area contributed by atoms with Gasteiger partial charge >= 0.3 is 0 Å². The third-order valence-electron chi connectivity index (χ3n) is 3.31. The third-order valence-corrected chi connectivity index (χ3v) is 3.99. The van der Waals surface area contributed by atoms with Crippen LogP contribution in [-0.2, 0) is 4.74 Å². The number of nitrogen functional groups attached to an aromatic ring is 1. The number of carbonyl (C=O) groups excluding carboxylic acids is 1. The Bertz CT molecular complexity index is 445. The molecule has 0 heterocycles. The average Bonchev–Trinajstić information content (AvgIpc) is 2.91. The largest absolute Gasteiger partial charge is 0.398 e. The fourth-order valence-electron chi connectivity index (χ4n) is 2.22. The van der Waals surface area contributed by atoms with Gasteiger partial charge in [0.1, 0.15) is 0 Å². The minimum Gasteiger partial charge on any atom is -0.398 e. The Morgan fingerprint density at radius 1 is 1.42 bits per heavy atom. The number of nitrogens with one attached hydrogen (secondary N) is 1. The molecule has 19 heavy (non-hydrogen) atoms. The molecule has 1 aromatic rings. The number of hydrogen-bond acceptors (Lipinski definition) is 3. The van der Waals surface area contributed by atoms with Crippen molar-refractivity contribution in [3.63, 3.8) is 0 Å². The van der Waals surface area contributed by atoms with Crippen LogP contribution in [-0.4, -0.2) is 25.2 Å². The van der Waals surface area contributed by atoms with Crippen LogP contribution in [0.25, 0.3) is 0 Å². The Morgan fingerprint density at radius 2 is 2.16 bits per heavy atom. The molecule has 1 saturated carbocycles. The molecule has 5 heteroatoms. The summed E-state index contributed by atoms with van der Waals surface area (Å²) in [7, 11) is 0. The van der Waals surface area contributed by atoms with E-state index in [1.807, 2.05) is 0 Å². The van der Waals surface area contributed by atoms with Gasteiger partial charge in [0.2, 0.25) is 0 Å². The lowest BCUT2D eigenvalue weighted by Crippen LogP contribution is -2.28. The number of anilines is 1. The normalized spacial score (nSPS) is 15.6. The van der Waals surface area contributed by atoms with E-state index in [0.717, 1.165) is 17.3 Å². The van der Waals surface area contributed by atoms with Gasteiger partial charge in [-0.05, 0) is 47.0 Å². The van der Waals surface area contributed by atoms with Crippen molar-refractivity contribution in [2.24, 2.45) is 0 Å². The maximum atomic E-state index is 11.9. The predicted molar refractivity (Wildman–Crippen MR) is 79.1 cm³/mol. The van der Waals surface area contributed by atoms with E-state index in [9.17, 15) is 4.79 Å². The van der Waals surface area contributed by atoms with Crippen LogP contribution in [0, 0.1) is 0 Å². The summed E-state index contributed by atoms with van der Waals surface area (Å²) < 4.78 is 6.43. The highest BCUT2D eigenvalue weighted by Gasteiger charge is 2.15. The summed E-state index contributed by atoms with van der Waals surface area (Å²) in [6.45, 7) is 1.11. The third kappa shape index (κ3) is 4.21. The molecule has 1 fully saturated rings. The summed E-state index contributed by atoms with van der Waals surface area (Å²) in [6, 6.07) is 5.16. The second-order valence-corrected chi connectivity index (χ2v) is 5.62. The van der Waals surface area contributed by atoms with Gasteiger partial charge in [-0.25, -0.2) is 0 Å². The zero-order valence-corrected chi connectivity index (χ0v) is 12.4. The number of carbonyl (C=O) groups is 1. The second kappa shape index (κ2) is 6.91. The number of benzene rings is 1. The first-order valence-corrected chi connectivity index (χ1v) is 7.41. The van der Waals surface area contributed by atoms with Gasteiger partial charge in [0, 0.05) is 22.3 Å². The van der Waals surface area contributed by atoms with Gasteiger partial charge in [-0.3, -0.25) is 4.79 Å². The molecule has 1 amide bonds. The molecule has 0 radical (unpaired) electrons. The zero-order valence-electron chi connectivity index (χ0n) is 10.8. The van der Waals surface area contributed by atoms with E-state index in [1.165, 1.54) is 12.8 Å². The molecule has 0 spiro atoms. The van der Waals surface area contributed by atoms with Crippen LogP contribution in [0.3, 0.4) is 0 Å². The van der Waals surface area contributed by atoms with Crippen molar-refractivity contribution < 1.29 is 9.53 Å². The quantitative estimate of drug-likeness (QED) is 0.646. The summed E-state index contributed by atoms with van der Waals surface area (Å²) in [4.78, 5) is 11.9. The van der Waals surface area contributed by atoms with Gasteiger partial charge in [-0.1, -0.05) is 12.8 Å². The lowest BCUT2D eigenvalue weighted by atomic mass is 10.2. The number of hydrogen-bond donors (Lipinski definition) is 2. The first kappa shape index (κ1) is 14.3. The fourth-order valence-corrected chi connectivity index (χ4v) is 2.59. The summed E-state index contributed by atoms with van der Waals surface area (Å²) in [6.07, 6.45) is 5.22. The Hall–Kier alpha value is -1.07. The van der Waals surface area contributed by atoms with E-state index >= 15 is 0 Å². The van der Waals surface area contributed by atoms with Gasteiger partial charge in [-0.15, -0.1) is 0 Å². The highest BCUT2D eigenvalue weighted by atomic mass is 79.9. The molecular weight excluding hydrogens is 308 g/mol. The van der Waals surface area contributed by atoms with Crippen LogP contribution in [0.15, 0.2) is 22.7 Å². The maximum absolute atomic E-state index is 11.9. The van der Waals surface area contributed by atoms with Crippen molar-refractivity contribution in [1.29, 1.82) is 0 Å². The maximum Gasteiger partial charge on any atom is 0.251 e. The number of nitrogens with two attached hydrogens (primary N) is 1. The number of halogens is 1. The Morgan fingerprint density at radius 3 is 2.84 bits per heavy atom. The molecule has 0 unspecified atom stereocenters.